The number of carbonyl (C=O) groups is 2. The van der Waals surface area contributed by atoms with E-state index >= 15 is 0 Å². The number of hydrogen-bond donors (Lipinski definition) is 2. The van der Waals surface area contributed by atoms with Crippen LogP contribution in [0, 0.1) is 11.6 Å². The minimum absolute atomic E-state index is 0.0296. The molecule has 6 nitrogen and oxygen atoms in total. The summed E-state index contributed by atoms with van der Waals surface area (Å²) in [5, 5.41) is 5.34. The number of anilines is 2. The molecular weight excluding hydrogens is 414 g/mol. The van der Waals surface area contributed by atoms with E-state index in [4.69, 9.17) is 21.7 Å². The van der Waals surface area contributed by atoms with Crippen molar-refractivity contribution in [1.82, 2.24) is 0 Å². The number of nitrogens with one attached hydrogen (secondary N) is 2. The van der Waals surface area contributed by atoms with Gasteiger partial charge < -0.3 is 20.1 Å². The Labute approximate surface area is 178 Å². The zero-order valence-electron chi connectivity index (χ0n) is 16.9. The van der Waals surface area contributed by atoms with Crippen molar-refractivity contribution in [3.63, 3.8) is 0 Å². The third-order valence-corrected chi connectivity index (χ3v) is 3.73. The van der Waals surface area contributed by atoms with Crippen molar-refractivity contribution in [2.75, 3.05) is 10.6 Å². The van der Waals surface area contributed by atoms with Crippen molar-refractivity contribution in [1.29, 1.82) is 0 Å². The summed E-state index contributed by atoms with van der Waals surface area (Å²) in [7, 11) is 0. The van der Waals surface area contributed by atoms with Crippen LogP contribution in [0.25, 0.3) is 0 Å². The standard InChI is InChI=1S/C21H22F2N2O4S/c1-11(2)28-19(26)13-7-14(20(27)29-12(3)4)9-16(8-13)24-21(30)25-18-6-5-15(22)10-17(18)23/h5-12H,1-4H3,(H2,24,25,30). The second-order valence-electron chi connectivity index (χ2n) is 6.91. The molecule has 2 aromatic carbocycles. The van der Waals surface area contributed by atoms with E-state index in [1.54, 1.807) is 27.7 Å². The van der Waals surface area contributed by atoms with Gasteiger partial charge in [-0.1, -0.05) is 0 Å². The van der Waals surface area contributed by atoms with Crippen LogP contribution in [0.4, 0.5) is 20.2 Å². The van der Waals surface area contributed by atoms with Gasteiger partial charge in [0.15, 0.2) is 5.11 Å². The maximum atomic E-state index is 13.8. The molecule has 2 N–H and O–H groups in total. The Balaban J connectivity index is 2.28. The van der Waals surface area contributed by atoms with Gasteiger partial charge in [0.1, 0.15) is 11.6 Å². The highest BCUT2D eigenvalue weighted by Crippen LogP contribution is 2.20. The average molecular weight is 436 g/mol. The quantitative estimate of drug-likeness (QED) is 0.492. The molecule has 0 bridgehead atoms. The second kappa shape index (κ2) is 10.1. The van der Waals surface area contributed by atoms with Crippen LogP contribution in [0.2, 0.25) is 0 Å². The lowest BCUT2D eigenvalue weighted by molar-refractivity contribution is 0.0377. The molecule has 0 aliphatic rings. The van der Waals surface area contributed by atoms with Crippen molar-refractivity contribution in [2.45, 2.75) is 39.9 Å². The topological polar surface area (TPSA) is 76.7 Å². The Morgan fingerprint density at radius 3 is 1.87 bits per heavy atom. The molecule has 0 saturated carbocycles. The lowest BCUT2D eigenvalue weighted by Gasteiger charge is -2.15. The molecule has 0 amide bonds. The van der Waals surface area contributed by atoms with Crippen LogP contribution in [0.1, 0.15) is 48.4 Å². The summed E-state index contributed by atoms with van der Waals surface area (Å²) in [6.45, 7) is 6.79. The van der Waals surface area contributed by atoms with Crippen LogP contribution < -0.4 is 10.6 Å². The first-order valence-corrected chi connectivity index (χ1v) is 9.56. The van der Waals surface area contributed by atoms with Crippen LogP contribution in [-0.2, 0) is 9.47 Å². The van der Waals surface area contributed by atoms with E-state index in [1.807, 2.05) is 0 Å². The predicted molar refractivity (Wildman–Crippen MR) is 114 cm³/mol. The number of thiocarbonyl (C=S) groups is 1. The Kier molecular flexibility index (Phi) is 7.82. The highest BCUT2D eigenvalue weighted by Gasteiger charge is 2.17. The molecular formula is C21H22F2N2O4S. The van der Waals surface area contributed by atoms with E-state index in [0.29, 0.717) is 6.07 Å². The van der Waals surface area contributed by atoms with E-state index in [9.17, 15) is 18.4 Å². The minimum atomic E-state index is -0.824. The van der Waals surface area contributed by atoms with E-state index in [1.165, 1.54) is 24.3 Å². The summed E-state index contributed by atoms with van der Waals surface area (Å²) in [4.78, 5) is 24.6. The maximum absolute atomic E-state index is 13.8. The summed E-state index contributed by atoms with van der Waals surface area (Å²) < 4.78 is 37.2. The molecule has 0 radical (unpaired) electrons. The minimum Gasteiger partial charge on any atom is -0.459 e. The van der Waals surface area contributed by atoms with E-state index in [0.717, 1.165) is 6.07 Å². The molecule has 0 aromatic heterocycles. The summed E-state index contributed by atoms with van der Waals surface area (Å²) in [6.07, 6.45) is -0.714. The first-order valence-electron chi connectivity index (χ1n) is 9.15. The monoisotopic (exact) mass is 436 g/mol. The maximum Gasteiger partial charge on any atom is 0.338 e. The third-order valence-electron chi connectivity index (χ3n) is 3.53. The largest absolute Gasteiger partial charge is 0.459 e. The van der Waals surface area contributed by atoms with Gasteiger partial charge in [0.05, 0.1) is 29.0 Å². The Hall–Kier alpha value is -3.07. The summed E-state index contributed by atoms with van der Waals surface area (Å²) in [5.74, 6) is -2.80. The van der Waals surface area contributed by atoms with Crippen LogP contribution >= 0.6 is 12.2 Å². The van der Waals surface area contributed by atoms with Crippen LogP contribution in [0.5, 0.6) is 0 Å². The molecule has 30 heavy (non-hydrogen) atoms. The molecule has 0 spiro atoms. The summed E-state index contributed by atoms with van der Waals surface area (Å²) in [6, 6.07) is 7.22. The lowest BCUT2D eigenvalue weighted by Crippen LogP contribution is -2.21. The van der Waals surface area contributed by atoms with Gasteiger partial charge in [-0.3, -0.25) is 0 Å². The summed E-state index contributed by atoms with van der Waals surface area (Å²) >= 11 is 5.15. The average Bonchev–Trinajstić information content (AvgIpc) is 2.62. The highest BCUT2D eigenvalue weighted by molar-refractivity contribution is 7.80. The molecule has 2 aromatic rings. The van der Waals surface area contributed by atoms with Gasteiger partial charge in [-0.2, -0.15) is 0 Å². The number of ether oxygens (including phenoxy) is 2. The zero-order chi connectivity index (χ0) is 22.4. The molecule has 0 unspecified atom stereocenters. The van der Waals surface area contributed by atoms with Gasteiger partial charge in [0.2, 0.25) is 0 Å². The van der Waals surface area contributed by atoms with E-state index < -0.39 is 23.6 Å². The first-order chi connectivity index (χ1) is 14.0. The highest BCUT2D eigenvalue weighted by atomic mass is 32.1. The second-order valence-corrected chi connectivity index (χ2v) is 7.32. The fraction of sp³-hybridized carbons (Fsp3) is 0.286. The van der Waals surface area contributed by atoms with Crippen molar-refractivity contribution in [2.24, 2.45) is 0 Å². The molecule has 160 valence electrons. The summed E-state index contributed by atoms with van der Waals surface area (Å²) in [5.41, 5.74) is 0.466. The van der Waals surface area contributed by atoms with E-state index in [2.05, 4.69) is 10.6 Å². The van der Waals surface area contributed by atoms with Gasteiger partial charge in [-0.05, 0) is 70.2 Å². The van der Waals surface area contributed by atoms with Crippen molar-refractivity contribution in [3.05, 3.63) is 59.2 Å². The molecule has 9 heteroatoms. The third kappa shape index (κ3) is 6.77. The van der Waals surface area contributed by atoms with Crippen molar-refractivity contribution < 1.29 is 27.8 Å². The van der Waals surface area contributed by atoms with Gasteiger partial charge in [0, 0.05) is 11.8 Å². The van der Waals surface area contributed by atoms with Gasteiger partial charge in [-0.25, -0.2) is 18.4 Å². The number of rotatable bonds is 6. The zero-order valence-corrected chi connectivity index (χ0v) is 17.7. The lowest BCUT2D eigenvalue weighted by atomic mass is 10.1. The normalized spacial score (nSPS) is 10.7. The fourth-order valence-electron chi connectivity index (χ4n) is 2.38. The number of carbonyl (C=O) groups excluding carboxylic acids is 2. The molecule has 0 atom stereocenters. The predicted octanol–water partition coefficient (Wildman–Crippen LogP) is 4.90. The Morgan fingerprint density at radius 2 is 1.40 bits per heavy atom. The van der Waals surface area contributed by atoms with Crippen LogP contribution in [0.3, 0.4) is 0 Å². The van der Waals surface area contributed by atoms with Gasteiger partial charge >= 0.3 is 11.9 Å². The molecule has 0 aliphatic heterocycles. The fourth-order valence-corrected chi connectivity index (χ4v) is 2.60. The van der Waals surface area contributed by atoms with Gasteiger partial charge in [-0.15, -0.1) is 0 Å². The number of hydrogen-bond acceptors (Lipinski definition) is 5. The molecule has 0 saturated heterocycles. The molecule has 2 rings (SSSR count). The smallest absolute Gasteiger partial charge is 0.338 e. The Bertz CT molecular complexity index is 924. The first kappa shape index (κ1) is 23.2. The Morgan fingerprint density at radius 1 is 0.867 bits per heavy atom. The van der Waals surface area contributed by atoms with Crippen molar-refractivity contribution >= 4 is 40.6 Å². The van der Waals surface area contributed by atoms with E-state index in [-0.39, 0.29) is 39.8 Å². The molecule has 0 heterocycles. The van der Waals surface area contributed by atoms with Crippen LogP contribution in [-0.4, -0.2) is 29.3 Å². The number of esters is 2. The van der Waals surface area contributed by atoms with Crippen LogP contribution in [0.15, 0.2) is 36.4 Å². The molecule has 0 aliphatic carbocycles. The number of benzene rings is 2. The van der Waals surface area contributed by atoms with Crippen molar-refractivity contribution in [3.8, 4) is 0 Å². The van der Waals surface area contributed by atoms with Gasteiger partial charge in [0.25, 0.3) is 0 Å². The number of halogens is 2. The SMILES string of the molecule is CC(C)OC(=O)c1cc(NC(=S)Nc2ccc(F)cc2F)cc(C(=O)OC(C)C)c1. The molecule has 0 fully saturated rings.